The van der Waals surface area contributed by atoms with Crippen LogP contribution in [0.5, 0.6) is 0 Å². The molecule has 0 bridgehead atoms. The monoisotopic (exact) mass is 309 g/mol. The molecule has 2 aromatic rings. The van der Waals surface area contributed by atoms with Crippen LogP contribution in [0.3, 0.4) is 0 Å². The van der Waals surface area contributed by atoms with Gasteiger partial charge in [-0.15, -0.1) is 0 Å². The van der Waals surface area contributed by atoms with Crippen molar-refractivity contribution in [3.8, 4) is 0 Å². The minimum atomic E-state index is -0.382. The largest absolute Gasteiger partial charge is 0.378 e. The number of carbonyl (C=O) groups is 1. The summed E-state index contributed by atoms with van der Waals surface area (Å²) in [5, 5.41) is 2.80. The molecule has 23 heavy (non-hydrogen) atoms. The van der Waals surface area contributed by atoms with Gasteiger partial charge in [0.05, 0.1) is 12.0 Å². The van der Waals surface area contributed by atoms with Crippen LogP contribution in [0.15, 0.2) is 40.6 Å². The summed E-state index contributed by atoms with van der Waals surface area (Å²) in [7, 11) is 3.95. The molecule has 2 aliphatic rings. The van der Waals surface area contributed by atoms with Crippen molar-refractivity contribution in [3.05, 3.63) is 36.3 Å². The smallest absolute Gasteiger partial charge is 0.328 e. The number of carbonyl (C=O) groups excluding carboxylic acids is 1. The number of imidazole rings is 1. The van der Waals surface area contributed by atoms with Gasteiger partial charge in [0.1, 0.15) is 18.2 Å². The molecule has 1 saturated heterocycles. The van der Waals surface area contributed by atoms with Crippen molar-refractivity contribution < 1.29 is 4.79 Å². The maximum atomic E-state index is 12.4. The predicted octanol–water partition coefficient (Wildman–Crippen LogP) is 1.82. The Balaban J connectivity index is 1.79. The summed E-state index contributed by atoms with van der Waals surface area (Å²) in [4.78, 5) is 31.8. The summed E-state index contributed by atoms with van der Waals surface area (Å²) in [5.41, 5.74) is 2.59. The van der Waals surface area contributed by atoms with Gasteiger partial charge in [0, 0.05) is 25.5 Å². The molecule has 2 aliphatic heterocycles. The number of hydrogen-bond acceptors (Lipinski definition) is 5. The Bertz CT molecular complexity index is 819. The quantitative estimate of drug-likeness (QED) is 0.886. The van der Waals surface area contributed by atoms with Crippen LogP contribution in [0.1, 0.15) is 11.7 Å². The zero-order valence-corrected chi connectivity index (χ0v) is 12.7. The number of aromatic amines is 1. The van der Waals surface area contributed by atoms with Crippen molar-refractivity contribution in [3.63, 3.8) is 0 Å². The first-order chi connectivity index (χ1) is 11.1. The summed E-state index contributed by atoms with van der Waals surface area (Å²) >= 11 is 0. The van der Waals surface area contributed by atoms with Gasteiger partial charge in [0.2, 0.25) is 0 Å². The molecule has 2 N–H and O–H groups in total. The Hall–Kier alpha value is -3.16. The van der Waals surface area contributed by atoms with Gasteiger partial charge in [-0.1, -0.05) is 0 Å². The second-order valence-corrected chi connectivity index (χ2v) is 5.51. The highest BCUT2D eigenvalue weighted by molar-refractivity contribution is 6.18. The number of nitrogens with one attached hydrogen (secondary N) is 2. The summed E-state index contributed by atoms with van der Waals surface area (Å²) in [6.07, 6.45) is 2.98. The molecule has 8 heteroatoms. The van der Waals surface area contributed by atoms with Crippen molar-refractivity contribution >= 4 is 35.4 Å². The van der Waals surface area contributed by atoms with Gasteiger partial charge in [0.15, 0.2) is 5.82 Å². The van der Waals surface area contributed by atoms with E-state index in [2.05, 4.69) is 25.3 Å². The van der Waals surface area contributed by atoms with Crippen LogP contribution < -0.4 is 15.1 Å². The van der Waals surface area contributed by atoms with Crippen molar-refractivity contribution in [1.82, 2.24) is 15.3 Å². The minimum absolute atomic E-state index is 0.220. The Morgan fingerprint density at radius 3 is 2.74 bits per heavy atom. The average Bonchev–Trinajstić information content (AvgIpc) is 3.08. The van der Waals surface area contributed by atoms with Gasteiger partial charge in [-0.2, -0.15) is 0 Å². The summed E-state index contributed by atoms with van der Waals surface area (Å²) in [6, 6.07) is 7.17. The van der Waals surface area contributed by atoms with Crippen molar-refractivity contribution in [2.45, 2.75) is 6.04 Å². The fourth-order valence-electron chi connectivity index (χ4n) is 2.77. The molecule has 0 saturated carbocycles. The van der Waals surface area contributed by atoms with E-state index in [4.69, 9.17) is 0 Å². The normalized spacial score (nSPS) is 18.9. The Kier molecular flexibility index (Phi) is 2.90. The van der Waals surface area contributed by atoms with E-state index in [1.807, 2.05) is 43.3 Å². The van der Waals surface area contributed by atoms with Gasteiger partial charge < -0.3 is 9.88 Å². The van der Waals surface area contributed by atoms with Crippen molar-refractivity contribution in [1.29, 1.82) is 0 Å². The predicted molar refractivity (Wildman–Crippen MR) is 88.7 cm³/mol. The number of fused-ring (bicyclic) bond motifs is 3. The van der Waals surface area contributed by atoms with E-state index in [9.17, 15) is 4.79 Å². The summed E-state index contributed by atoms with van der Waals surface area (Å²) < 4.78 is 0. The minimum Gasteiger partial charge on any atom is -0.378 e. The first-order valence-electron chi connectivity index (χ1n) is 7.16. The van der Waals surface area contributed by atoms with Crippen LogP contribution in [0, 0.1) is 0 Å². The van der Waals surface area contributed by atoms with Crippen molar-refractivity contribution in [2.24, 2.45) is 9.98 Å². The molecular weight excluding hydrogens is 294 g/mol. The van der Waals surface area contributed by atoms with Crippen molar-refractivity contribution in [2.75, 3.05) is 23.9 Å². The molecule has 4 rings (SSSR count). The van der Waals surface area contributed by atoms with Gasteiger partial charge in [-0.05, 0) is 24.3 Å². The number of aliphatic imine (C=N–C) groups is 2. The van der Waals surface area contributed by atoms with E-state index in [0.29, 0.717) is 11.7 Å². The first-order valence-corrected chi connectivity index (χ1v) is 7.16. The van der Waals surface area contributed by atoms with Crippen LogP contribution in [-0.2, 0) is 0 Å². The standard InChI is InChI=1S/C15H15N7O/c1-21(2)9-3-5-10(6-4-9)22-12-11-13(17-7-16-11)18-8-19-14(12)20-15(22)23/h3-8,12H,1-2H3,(H,16,17)(H,18,19,20,23). The highest BCUT2D eigenvalue weighted by Crippen LogP contribution is 2.36. The van der Waals surface area contributed by atoms with E-state index in [-0.39, 0.29) is 12.1 Å². The van der Waals surface area contributed by atoms with Crippen LogP contribution in [0.25, 0.3) is 0 Å². The molecule has 0 radical (unpaired) electrons. The fraction of sp³-hybridized carbons (Fsp3) is 0.200. The highest BCUT2D eigenvalue weighted by Gasteiger charge is 2.41. The molecule has 1 aromatic carbocycles. The highest BCUT2D eigenvalue weighted by atomic mass is 16.2. The van der Waals surface area contributed by atoms with E-state index in [1.54, 1.807) is 11.2 Å². The molecule has 1 atom stereocenters. The number of nitrogens with zero attached hydrogens (tertiary/aromatic N) is 5. The lowest BCUT2D eigenvalue weighted by Crippen LogP contribution is -2.29. The summed E-state index contributed by atoms with van der Waals surface area (Å²) in [6.45, 7) is 0. The third-order valence-electron chi connectivity index (χ3n) is 3.91. The molecule has 1 fully saturated rings. The number of urea groups is 1. The van der Waals surface area contributed by atoms with Gasteiger partial charge in [-0.25, -0.2) is 19.8 Å². The Labute approximate surface area is 132 Å². The van der Waals surface area contributed by atoms with E-state index >= 15 is 0 Å². The molecule has 8 nitrogen and oxygen atoms in total. The van der Waals surface area contributed by atoms with Gasteiger partial charge in [0.25, 0.3) is 0 Å². The summed E-state index contributed by atoms with van der Waals surface area (Å²) in [5.74, 6) is 1.08. The number of hydrogen-bond donors (Lipinski definition) is 2. The second-order valence-electron chi connectivity index (χ2n) is 5.51. The average molecular weight is 309 g/mol. The lowest BCUT2D eigenvalue weighted by Gasteiger charge is -2.22. The van der Waals surface area contributed by atoms with E-state index in [0.717, 1.165) is 17.1 Å². The van der Waals surface area contributed by atoms with Gasteiger partial charge >= 0.3 is 6.03 Å². The SMILES string of the molecule is CN(C)c1ccc(N2C(=O)NC3=NC=Nc4nc[nH]c4C32)cc1. The first kappa shape index (κ1) is 13.5. The number of amidine groups is 1. The lowest BCUT2D eigenvalue weighted by molar-refractivity contribution is 0.252. The van der Waals surface area contributed by atoms with Crippen LogP contribution in [-0.4, -0.2) is 42.3 Å². The zero-order valence-electron chi connectivity index (χ0n) is 12.7. The lowest BCUT2D eigenvalue weighted by atomic mass is 10.1. The maximum Gasteiger partial charge on any atom is 0.328 e. The molecule has 3 heterocycles. The number of benzene rings is 1. The third kappa shape index (κ3) is 2.07. The number of rotatable bonds is 2. The Morgan fingerprint density at radius 2 is 2.00 bits per heavy atom. The van der Waals surface area contributed by atoms with Crippen LogP contribution in [0.2, 0.25) is 0 Å². The fourth-order valence-corrected chi connectivity index (χ4v) is 2.77. The second kappa shape index (κ2) is 4.94. The van der Waals surface area contributed by atoms with Crippen LogP contribution in [0.4, 0.5) is 22.0 Å². The molecule has 1 aromatic heterocycles. The molecular formula is C15H15N7O. The molecule has 0 aliphatic carbocycles. The topological polar surface area (TPSA) is 89.0 Å². The number of H-pyrrole nitrogens is 1. The molecule has 2 amide bonds. The zero-order chi connectivity index (χ0) is 16.0. The molecule has 0 spiro atoms. The van der Waals surface area contributed by atoms with Gasteiger partial charge in [-0.3, -0.25) is 10.2 Å². The number of amides is 2. The molecule has 116 valence electrons. The van der Waals surface area contributed by atoms with E-state index < -0.39 is 0 Å². The Morgan fingerprint density at radius 1 is 1.22 bits per heavy atom. The third-order valence-corrected chi connectivity index (χ3v) is 3.91. The number of anilines is 2. The molecule has 1 unspecified atom stereocenters. The van der Waals surface area contributed by atoms with E-state index in [1.165, 1.54) is 6.34 Å². The number of aromatic nitrogens is 2. The van der Waals surface area contributed by atoms with Crippen LogP contribution >= 0.6 is 0 Å². The maximum absolute atomic E-state index is 12.4.